The van der Waals surface area contributed by atoms with Gasteiger partial charge in [-0.25, -0.2) is 9.97 Å². The first-order valence-electron chi connectivity index (χ1n) is 7.21. The second-order valence-corrected chi connectivity index (χ2v) is 4.81. The summed E-state index contributed by atoms with van der Waals surface area (Å²) in [6, 6.07) is 5.70. The number of fused-ring (bicyclic) bond motifs is 1. The van der Waals surface area contributed by atoms with Crippen LogP contribution in [0.15, 0.2) is 24.5 Å². The molecule has 0 aliphatic rings. The van der Waals surface area contributed by atoms with Gasteiger partial charge in [0.25, 0.3) is 0 Å². The number of nitrogens with one attached hydrogen (secondary N) is 1. The molecular weight excluding hydrogens is 250 g/mol. The Hall–Kier alpha value is -1.88. The van der Waals surface area contributed by atoms with Crippen molar-refractivity contribution < 1.29 is 0 Å². The molecule has 0 spiro atoms. The van der Waals surface area contributed by atoms with Crippen LogP contribution in [0.1, 0.15) is 20.3 Å². The van der Waals surface area contributed by atoms with Crippen molar-refractivity contribution >= 4 is 22.4 Å². The number of hydrogen-bond acceptors (Lipinski definition) is 5. The van der Waals surface area contributed by atoms with E-state index in [0.717, 1.165) is 55.0 Å². The van der Waals surface area contributed by atoms with Crippen LogP contribution in [0, 0.1) is 0 Å². The van der Waals surface area contributed by atoms with Crippen LogP contribution in [0.2, 0.25) is 0 Å². The predicted molar refractivity (Wildman–Crippen MR) is 84.8 cm³/mol. The Balaban J connectivity index is 1.98. The van der Waals surface area contributed by atoms with Gasteiger partial charge in [-0.3, -0.25) is 0 Å². The topological polar surface area (TPSA) is 67.1 Å². The highest BCUT2D eigenvalue weighted by Gasteiger charge is 2.04. The normalized spacial score (nSPS) is 11.2. The predicted octanol–water partition coefficient (Wildman–Crippen LogP) is 2.36. The first-order valence-corrected chi connectivity index (χ1v) is 7.21. The lowest BCUT2D eigenvalue weighted by atomic mass is 10.2. The van der Waals surface area contributed by atoms with Crippen LogP contribution in [0.3, 0.4) is 0 Å². The molecule has 0 aliphatic carbocycles. The van der Waals surface area contributed by atoms with Crippen molar-refractivity contribution in [3.63, 3.8) is 0 Å². The lowest BCUT2D eigenvalue weighted by Crippen LogP contribution is -2.25. The standard InChI is InChI=1S/C15H23N5/c1-3-20(4-2)9-5-8-17-15-13-10-12(16)6-7-14(13)18-11-19-15/h6-7,10-11H,3-5,8-9,16H2,1-2H3,(H,17,18,19). The maximum atomic E-state index is 5.83. The Morgan fingerprint density at radius 3 is 2.75 bits per heavy atom. The summed E-state index contributed by atoms with van der Waals surface area (Å²) < 4.78 is 0. The SMILES string of the molecule is CCN(CC)CCCNc1ncnc2ccc(N)cc12. The highest BCUT2D eigenvalue weighted by Crippen LogP contribution is 2.21. The lowest BCUT2D eigenvalue weighted by molar-refractivity contribution is 0.303. The first kappa shape index (κ1) is 14.5. The zero-order valence-corrected chi connectivity index (χ0v) is 12.3. The number of hydrogen-bond donors (Lipinski definition) is 2. The maximum absolute atomic E-state index is 5.83. The first-order chi connectivity index (χ1) is 9.74. The Labute approximate surface area is 120 Å². The molecular formula is C15H23N5. The van der Waals surface area contributed by atoms with Gasteiger partial charge in [-0.1, -0.05) is 13.8 Å². The molecule has 0 saturated carbocycles. The number of nitrogens with two attached hydrogens (primary N) is 1. The van der Waals surface area contributed by atoms with Crippen molar-refractivity contribution in [2.45, 2.75) is 20.3 Å². The summed E-state index contributed by atoms with van der Waals surface area (Å²) >= 11 is 0. The summed E-state index contributed by atoms with van der Waals surface area (Å²) in [5, 5.41) is 4.37. The molecule has 2 rings (SSSR count). The molecule has 1 aromatic carbocycles. The van der Waals surface area contributed by atoms with E-state index in [1.54, 1.807) is 6.33 Å². The number of benzene rings is 1. The summed E-state index contributed by atoms with van der Waals surface area (Å²) in [4.78, 5) is 11.0. The van der Waals surface area contributed by atoms with E-state index in [2.05, 4.69) is 34.0 Å². The van der Waals surface area contributed by atoms with Gasteiger partial charge in [-0.2, -0.15) is 0 Å². The highest BCUT2D eigenvalue weighted by atomic mass is 15.1. The second-order valence-electron chi connectivity index (χ2n) is 4.81. The van der Waals surface area contributed by atoms with Crippen molar-refractivity contribution in [1.29, 1.82) is 0 Å². The van der Waals surface area contributed by atoms with Crippen LogP contribution in [0.4, 0.5) is 11.5 Å². The number of nitrogens with zero attached hydrogens (tertiary/aromatic N) is 3. The minimum atomic E-state index is 0.735. The van der Waals surface area contributed by atoms with E-state index in [4.69, 9.17) is 5.73 Å². The van der Waals surface area contributed by atoms with Crippen LogP contribution in [0.5, 0.6) is 0 Å². The fourth-order valence-electron chi connectivity index (χ4n) is 2.26. The largest absolute Gasteiger partial charge is 0.399 e. The van der Waals surface area contributed by atoms with Gasteiger partial charge in [-0.05, 0) is 44.3 Å². The number of nitrogen functional groups attached to an aromatic ring is 1. The number of aromatic nitrogens is 2. The minimum Gasteiger partial charge on any atom is -0.399 e. The molecule has 0 fully saturated rings. The third kappa shape index (κ3) is 3.57. The lowest BCUT2D eigenvalue weighted by Gasteiger charge is -2.18. The third-order valence-corrected chi connectivity index (χ3v) is 3.50. The Kier molecular flexibility index (Phi) is 5.12. The summed E-state index contributed by atoms with van der Waals surface area (Å²) in [7, 11) is 0. The molecule has 108 valence electrons. The van der Waals surface area contributed by atoms with Gasteiger partial charge in [0.2, 0.25) is 0 Å². The fraction of sp³-hybridized carbons (Fsp3) is 0.467. The number of rotatable bonds is 7. The van der Waals surface area contributed by atoms with Gasteiger partial charge in [-0.15, -0.1) is 0 Å². The fourth-order valence-corrected chi connectivity index (χ4v) is 2.26. The van der Waals surface area contributed by atoms with Crippen LogP contribution >= 0.6 is 0 Å². The molecule has 0 atom stereocenters. The molecule has 20 heavy (non-hydrogen) atoms. The van der Waals surface area contributed by atoms with Crippen LogP contribution in [-0.2, 0) is 0 Å². The number of anilines is 2. The van der Waals surface area contributed by atoms with Crippen molar-refractivity contribution in [2.24, 2.45) is 0 Å². The third-order valence-electron chi connectivity index (χ3n) is 3.50. The Morgan fingerprint density at radius 1 is 1.20 bits per heavy atom. The van der Waals surface area contributed by atoms with Crippen LogP contribution < -0.4 is 11.1 Å². The van der Waals surface area contributed by atoms with Crippen molar-refractivity contribution in [1.82, 2.24) is 14.9 Å². The summed E-state index contributed by atoms with van der Waals surface area (Å²) in [6.07, 6.45) is 2.68. The molecule has 0 amide bonds. The van der Waals surface area contributed by atoms with Crippen molar-refractivity contribution in [2.75, 3.05) is 37.2 Å². The molecule has 1 aromatic heterocycles. The van der Waals surface area contributed by atoms with E-state index in [1.165, 1.54) is 0 Å². The molecule has 2 aromatic rings. The molecule has 3 N–H and O–H groups in total. The van der Waals surface area contributed by atoms with E-state index in [1.807, 2.05) is 18.2 Å². The highest BCUT2D eigenvalue weighted by molar-refractivity contribution is 5.91. The van der Waals surface area contributed by atoms with E-state index >= 15 is 0 Å². The molecule has 0 unspecified atom stereocenters. The van der Waals surface area contributed by atoms with E-state index in [-0.39, 0.29) is 0 Å². The second kappa shape index (κ2) is 7.05. The van der Waals surface area contributed by atoms with Crippen LogP contribution in [-0.4, -0.2) is 41.0 Å². The molecule has 0 aliphatic heterocycles. The zero-order valence-electron chi connectivity index (χ0n) is 12.3. The van der Waals surface area contributed by atoms with E-state index < -0.39 is 0 Å². The van der Waals surface area contributed by atoms with Gasteiger partial charge in [0.1, 0.15) is 12.1 Å². The maximum Gasteiger partial charge on any atom is 0.137 e. The summed E-state index contributed by atoms with van der Waals surface area (Å²) in [6.45, 7) is 8.59. The van der Waals surface area contributed by atoms with E-state index in [9.17, 15) is 0 Å². The monoisotopic (exact) mass is 273 g/mol. The molecule has 5 heteroatoms. The molecule has 0 radical (unpaired) electrons. The average Bonchev–Trinajstić information content (AvgIpc) is 2.47. The Morgan fingerprint density at radius 2 is 2.00 bits per heavy atom. The molecule has 0 saturated heterocycles. The molecule has 1 heterocycles. The van der Waals surface area contributed by atoms with Gasteiger partial charge in [0.15, 0.2) is 0 Å². The molecule has 0 bridgehead atoms. The smallest absolute Gasteiger partial charge is 0.137 e. The van der Waals surface area contributed by atoms with Gasteiger partial charge >= 0.3 is 0 Å². The van der Waals surface area contributed by atoms with Gasteiger partial charge < -0.3 is 16.0 Å². The van der Waals surface area contributed by atoms with Gasteiger partial charge in [0, 0.05) is 17.6 Å². The zero-order chi connectivity index (χ0) is 14.4. The van der Waals surface area contributed by atoms with Crippen LogP contribution in [0.25, 0.3) is 10.9 Å². The minimum absolute atomic E-state index is 0.735. The van der Waals surface area contributed by atoms with E-state index in [0.29, 0.717) is 0 Å². The van der Waals surface area contributed by atoms with Gasteiger partial charge in [0.05, 0.1) is 5.52 Å². The van der Waals surface area contributed by atoms with Crippen molar-refractivity contribution in [3.8, 4) is 0 Å². The van der Waals surface area contributed by atoms with Crippen molar-refractivity contribution in [3.05, 3.63) is 24.5 Å². The summed E-state index contributed by atoms with van der Waals surface area (Å²) in [5.74, 6) is 0.863. The molecule has 5 nitrogen and oxygen atoms in total. The Bertz CT molecular complexity index is 551. The quantitative estimate of drug-likeness (QED) is 0.599. The summed E-state index contributed by atoms with van der Waals surface area (Å²) in [5.41, 5.74) is 7.49. The average molecular weight is 273 g/mol.